The van der Waals surface area contributed by atoms with Crippen LogP contribution in [0.5, 0.6) is 0 Å². The number of β-amino-alcohol motifs (C(OH)–C–C–N with tert-alkyl or cyclic N) is 1. The van der Waals surface area contributed by atoms with Crippen molar-refractivity contribution in [2.24, 2.45) is 0 Å². The van der Waals surface area contributed by atoms with Crippen molar-refractivity contribution < 1.29 is 9.90 Å². The minimum atomic E-state index is -0.349. The number of rotatable bonds is 1. The van der Waals surface area contributed by atoms with Crippen molar-refractivity contribution in [3.05, 3.63) is 29.8 Å². The van der Waals surface area contributed by atoms with Gasteiger partial charge in [-0.1, -0.05) is 18.2 Å². The van der Waals surface area contributed by atoms with E-state index < -0.39 is 0 Å². The van der Waals surface area contributed by atoms with Crippen LogP contribution >= 0.6 is 0 Å². The van der Waals surface area contributed by atoms with Gasteiger partial charge in [0.15, 0.2) is 0 Å². The number of carbonyl (C=O) groups excluding carboxylic acids is 1. The molecule has 1 aromatic rings. The van der Waals surface area contributed by atoms with Crippen LogP contribution in [0.2, 0.25) is 0 Å². The molecule has 1 fully saturated rings. The van der Waals surface area contributed by atoms with Gasteiger partial charge in [-0.2, -0.15) is 0 Å². The summed E-state index contributed by atoms with van der Waals surface area (Å²) in [7, 11) is 0. The second-order valence-electron chi connectivity index (χ2n) is 5.65. The number of hydrogen-bond donors (Lipinski definition) is 2. The zero-order valence-corrected chi connectivity index (χ0v) is 11.2. The summed E-state index contributed by atoms with van der Waals surface area (Å²) in [6.07, 6.45) is 1.18. The molecule has 0 saturated carbocycles. The smallest absolute Gasteiger partial charge is 0.230 e. The van der Waals surface area contributed by atoms with Crippen LogP contribution in [0.4, 0.5) is 5.69 Å². The molecule has 3 atom stereocenters. The number of benzene rings is 1. The number of hydrogen-bond acceptors (Lipinski definition) is 3. The fourth-order valence-corrected chi connectivity index (χ4v) is 3.13. The van der Waals surface area contributed by atoms with Crippen LogP contribution in [0.1, 0.15) is 31.2 Å². The lowest BCUT2D eigenvalue weighted by atomic mass is 9.86. The predicted octanol–water partition coefficient (Wildman–Crippen LogP) is 1.57. The second kappa shape index (κ2) is 4.85. The molecule has 2 aliphatic heterocycles. The molecular weight excluding hydrogens is 240 g/mol. The molecule has 2 heterocycles. The van der Waals surface area contributed by atoms with E-state index in [1.165, 1.54) is 0 Å². The number of amides is 1. The molecule has 4 heteroatoms. The highest BCUT2D eigenvalue weighted by Gasteiger charge is 2.34. The predicted molar refractivity (Wildman–Crippen MR) is 74.1 cm³/mol. The maximum atomic E-state index is 12.6. The summed E-state index contributed by atoms with van der Waals surface area (Å²) in [6.45, 7) is 3.27. The molecule has 1 amide bonds. The number of anilines is 1. The summed E-state index contributed by atoms with van der Waals surface area (Å²) >= 11 is 0. The van der Waals surface area contributed by atoms with Crippen molar-refractivity contribution in [3.8, 4) is 0 Å². The quantitative estimate of drug-likeness (QED) is 0.806. The molecule has 1 aromatic carbocycles. The average Bonchev–Trinajstić information content (AvgIpc) is 2.83. The summed E-state index contributed by atoms with van der Waals surface area (Å²) < 4.78 is 0. The molecule has 0 aliphatic carbocycles. The van der Waals surface area contributed by atoms with Gasteiger partial charge < -0.3 is 15.3 Å². The van der Waals surface area contributed by atoms with Gasteiger partial charge >= 0.3 is 0 Å². The Balaban J connectivity index is 1.86. The fraction of sp³-hybridized carbons (Fsp3) is 0.533. The Bertz CT molecular complexity index is 489. The first-order valence-electron chi connectivity index (χ1n) is 6.97. The summed E-state index contributed by atoms with van der Waals surface area (Å²) in [4.78, 5) is 14.5. The van der Waals surface area contributed by atoms with Crippen molar-refractivity contribution in [1.29, 1.82) is 0 Å². The van der Waals surface area contributed by atoms with E-state index in [2.05, 4.69) is 12.2 Å². The number of aliphatic hydroxyl groups is 1. The third-order valence-corrected chi connectivity index (χ3v) is 4.10. The van der Waals surface area contributed by atoms with Gasteiger partial charge in [0, 0.05) is 24.8 Å². The van der Waals surface area contributed by atoms with E-state index in [-0.39, 0.29) is 17.9 Å². The number of likely N-dealkylation sites (tertiary alicyclic amines) is 1. The van der Waals surface area contributed by atoms with Crippen LogP contribution in [0.3, 0.4) is 0 Å². The molecule has 0 aromatic heterocycles. The summed E-state index contributed by atoms with van der Waals surface area (Å²) in [5, 5.41) is 13.0. The van der Waals surface area contributed by atoms with E-state index in [0.29, 0.717) is 25.6 Å². The molecule has 0 spiro atoms. The number of nitrogens with one attached hydrogen (secondary N) is 1. The van der Waals surface area contributed by atoms with Crippen molar-refractivity contribution in [2.45, 2.75) is 37.8 Å². The van der Waals surface area contributed by atoms with Crippen molar-refractivity contribution in [2.75, 3.05) is 18.4 Å². The maximum absolute atomic E-state index is 12.6. The Morgan fingerprint density at radius 2 is 2.21 bits per heavy atom. The van der Waals surface area contributed by atoms with Gasteiger partial charge in [0.05, 0.1) is 12.0 Å². The zero-order chi connectivity index (χ0) is 13.4. The number of para-hydroxylation sites is 1. The number of carbonyl (C=O) groups is 1. The molecule has 0 radical (unpaired) electrons. The molecule has 19 heavy (non-hydrogen) atoms. The largest absolute Gasteiger partial charge is 0.391 e. The number of fused-ring (bicyclic) bond motifs is 1. The fourth-order valence-electron chi connectivity index (χ4n) is 3.13. The van der Waals surface area contributed by atoms with Gasteiger partial charge in [-0.25, -0.2) is 0 Å². The van der Waals surface area contributed by atoms with Crippen molar-refractivity contribution in [1.82, 2.24) is 4.90 Å². The van der Waals surface area contributed by atoms with Crippen molar-refractivity contribution >= 4 is 11.6 Å². The third kappa shape index (κ3) is 2.32. The molecule has 4 nitrogen and oxygen atoms in total. The first-order valence-corrected chi connectivity index (χ1v) is 6.97. The lowest BCUT2D eigenvalue weighted by molar-refractivity contribution is -0.132. The Kier molecular flexibility index (Phi) is 3.19. The van der Waals surface area contributed by atoms with E-state index in [9.17, 15) is 9.90 Å². The Labute approximate surface area is 113 Å². The monoisotopic (exact) mass is 260 g/mol. The van der Waals surface area contributed by atoms with Crippen LogP contribution in [-0.2, 0) is 4.79 Å². The molecular formula is C15H20N2O2. The first kappa shape index (κ1) is 12.5. The van der Waals surface area contributed by atoms with E-state index in [0.717, 1.165) is 17.7 Å². The highest BCUT2D eigenvalue weighted by Crippen LogP contribution is 2.35. The van der Waals surface area contributed by atoms with Gasteiger partial charge in [-0.3, -0.25) is 4.79 Å². The molecule has 2 aliphatic rings. The minimum Gasteiger partial charge on any atom is -0.391 e. The lowest BCUT2D eigenvalue weighted by Crippen LogP contribution is -2.38. The van der Waals surface area contributed by atoms with E-state index in [1.807, 2.05) is 29.2 Å². The van der Waals surface area contributed by atoms with Crippen LogP contribution < -0.4 is 5.32 Å². The summed E-state index contributed by atoms with van der Waals surface area (Å²) in [5.74, 6) is 0.0927. The highest BCUT2D eigenvalue weighted by molar-refractivity contribution is 5.86. The van der Waals surface area contributed by atoms with Crippen LogP contribution in [-0.4, -0.2) is 41.1 Å². The molecule has 1 saturated heterocycles. The lowest BCUT2D eigenvalue weighted by Gasteiger charge is -2.32. The number of aliphatic hydroxyl groups excluding tert-OH is 1. The average molecular weight is 260 g/mol. The van der Waals surface area contributed by atoms with Crippen molar-refractivity contribution in [3.63, 3.8) is 0 Å². The van der Waals surface area contributed by atoms with Crippen LogP contribution in [0.25, 0.3) is 0 Å². The Hall–Kier alpha value is -1.55. The van der Waals surface area contributed by atoms with E-state index in [1.54, 1.807) is 0 Å². The van der Waals surface area contributed by atoms with Crippen LogP contribution in [0, 0.1) is 0 Å². The zero-order valence-electron chi connectivity index (χ0n) is 11.2. The summed E-state index contributed by atoms with van der Waals surface area (Å²) in [6, 6.07) is 8.34. The molecule has 102 valence electrons. The Morgan fingerprint density at radius 3 is 2.95 bits per heavy atom. The molecule has 2 N–H and O–H groups in total. The normalized spacial score (nSPS) is 29.8. The Morgan fingerprint density at radius 1 is 1.42 bits per heavy atom. The molecule has 3 rings (SSSR count). The summed E-state index contributed by atoms with van der Waals surface area (Å²) in [5.41, 5.74) is 2.16. The van der Waals surface area contributed by atoms with Gasteiger partial charge in [0.1, 0.15) is 0 Å². The number of nitrogens with zero attached hydrogens (tertiary/aromatic N) is 1. The highest BCUT2D eigenvalue weighted by atomic mass is 16.3. The first-order chi connectivity index (χ1) is 9.15. The molecule has 0 bridgehead atoms. The van der Waals surface area contributed by atoms with E-state index >= 15 is 0 Å². The van der Waals surface area contributed by atoms with Gasteiger partial charge in [0.2, 0.25) is 5.91 Å². The van der Waals surface area contributed by atoms with Gasteiger partial charge in [0.25, 0.3) is 0 Å². The maximum Gasteiger partial charge on any atom is 0.230 e. The van der Waals surface area contributed by atoms with Gasteiger partial charge in [-0.05, 0) is 31.4 Å². The third-order valence-electron chi connectivity index (χ3n) is 4.10. The topological polar surface area (TPSA) is 52.6 Å². The van der Waals surface area contributed by atoms with Gasteiger partial charge in [-0.15, -0.1) is 0 Å². The van der Waals surface area contributed by atoms with Crippen LogP contribution in [0.15, 0.2) is 24.3 Å². The molecule has 3 unspecified atom stereocenters. The van der Waals surface area contributed by atoms with E-state index in [4.69, 9.17) is 0 Å². The standard InChI is InChI=1S/C15H20N2O2/c1-10-8-13(12-4-2-3-5-14(12)16-10)15(19)17-7-6-11(18)9-17/h2-5,10-11,13,16,18H,6-9H2,1H3. The minimum absolute atomic E-state index is 0.0715. The second-order valence-corrected chi connectivity index (χ2v) is 5.65. The SMILES string of the molecule is CC1CC(C(=O)N2CCC(O)C2)c2ccccc2N1.